The highest BCUT2D eigenvalue weighted by Gasteiger charge is 2.29. The minimum Gasteiger partial charge on any atom is -0.314 e. The minimum absolute atomic E-state index is 0.382. The first-order valence-electron chi connectivity index (χ1n) is 7.99. The first kappa shape index (κ1) is 16.2. The van der Waals surface area contributed by atoms with E-state index in [1.54, 1.807) is 22.3 Å². The van der Waals surface area contributed by atoms with Crippen molar-refractivity contribution in [1.29, 1.82) is 0 Å². The molecule has 1 aromatic heterocycles. The summed E-state index contributed by atoms with van der Waals surface area (Å²) in [4.78, 5) is 5.31. The van der Waals surface area contributed by atoms with Gasteiger partial charge in [-0.1, -0.05) is 19.3 Å². The highest BCUT2D eigenvalue weighted by atomic mass is 32.2. The second-order valence-corrected chi connectivity index (χ2v) is 9.10. The van der Waals surface area contributed by atoms with E-state index in [2.05, 4.69) is 10.3 Å². The summed E-state index contributed by atoms with van der Waals surface area (Å²) < 4.78 is 27.4. The number of sulfonamides is 1. The molecule has 2 fully saturated rings. The van der Waals surface area contributed by atoms with Crippen LogP contribution in [0.3, 0.4) is 0 Å². The van der Waals surface area contributed by atoms with Gasteiger partial charge in [-0.3, -0.25) is 4.98 Å². The predicted molar refractivity (Wildman–Crippen MR) is 88.6 cm³/mol. The van der Waals surface area contributed by atoms with Crippen molar-refractivity contribution < 1.29 is 8.42 Å². The molecule has 1 N–H and O–H groups in total. The molecule has 3 rings (SSSR count). The average Bonchev–Trinajstić information content (AvgIpc) is 2.57. The molecule has 0 radical (unpaired) electrons. The number of aromatic nitrogens is 1. The second-order valence-electron chi connectivity index (χ2n) is 5.85. The molecule has 2 heterocycles. The Kier molecular flexibility index (Phi) is 5.38. The standard InChI is InChI=1S/C15H23N3O2S2/c19-22(20,18-10-8-16-9-11-18)15-12-17-7-6-14(15)21-13-4-2-1-3-5-13/h6-7,12-13,16H,1-5,8-11H2. The van der Waals surface area contributed by atoms with E-state index < -0.39 is 10.0 Å². The third-order valence-corrected chi connectivity index (χ3v) is 7.76. The van der Waals surface area contributed by atoms with Gasteiger partial charge in [0, 0.05) is 48.7 Å². The zero-order chi connectivity index (χ0) is 15.4. The monoisotopic (exact) mass is 341 g/mol. The molecule has 2 aliphatic rings. The third-order valence-electron chi connectivity index (χ3n) is 4.29. The molecule has 1 aliphatic heterocycles. The molecule has 122 valence electrons. The molecule has 1 aliphatic carbocycles. The van der Waals surface area contributed by atoms with Crippen LogP contribution < -0.4 is 5.32 Å². The van der Waals surface area contributed by atoms with Crippen LogP contribution in [0.4, 0.5) is 0 Å². The Labute approximate surface area is 136 Å². The lowest BCUT2D eigenvalue weighted by Gasteiger charge is -2.28. The SMILES string of the molecule is O=S(=O)(c1cnccc1SC1CCCCC1)N1CCNCC1. The van der Waals surface area contributed by atoms with Crippen molar-refractivity contribution in [2.45, 2.75) is 47.1 Å². The maximum atomic E-state index is 12.9. The van der Waals surface area contributed by atoms with Crippen molar-refractivity contribution in [3.8, 4) is 0 Å². The van der Waals surface area contributed by atoms with Gasteiger partial charge in [0.2, 0.25) is 10.0 Å². The van der Waals surface area contributed by atoms with E-state index in [-0.39, 0.29) is 0 Å². The molecule has 0 bridgehead atoms. The van der Waals surface area contributed by atoms with Crippen LogP contribution in [0, 0.1) is 0 Å². The Bertz CT molecular complexity index is 595. The van der Waals surface area contributed by atoms with Gasteiger partial charge in [0.1, 0.15) is 4.90 Å². The molecule has 0 unspecified atom stereocenters. The molecular weight excluding hydrogens is 318 g/mol. The van der Waals surface area contributed by atoms with Gasteiger partial charge in [-0.25, -0.2) is 8.42 Å². The molecule has 0 aromatic carbocycles. The van der Waals surface area contributed by atoms with E-state index in [0.29, 0.717) is 36.3 Å². The molecular formula is C15H23N3O2S2. The molecule has 0 atom stereocenters. The van der Waals surface area contributed by atoms with Gasteiger partial charge in [-0.2, -0.15) is 4.31 Å². The lowest BCUT2D eigenvalue weighted by molar-refractivity contribution is 0.359. The second kappa shape index (κ2) is 7.29. The van der Waals surface area contributed by atoms with E-state index in [9.17, 15) is 8.42 Å². The van der Waals surface area contributed by atoms with Crippen molar-refractivity contribution in [3.63, 3.8) is 0 Å². The summed E-state index contributed by atoms with van der Waals surface area (Å²) in [5, 5.41) is 3.73. The Morgan fingerprint density at radius 1 is 1.18 bits per heavy atom. The summed E-state index contributed by atoms with van der Waals surface area (Å²) in [7, 11) is -3.43. The van der Waals surface area contributed by atoms with Gasteiger partial charge in [0.05, 0.1) is 0 Å². The van der Waals surface area contributed by atoms with Crippen LogP contribution in [0.1, 0.15) is 32.1 Å². The largest absolute Gasteiger partial charge is 0.314 e. The number of thioether (sulfide) groups is 1. The van der Waals surface area contributed by atoms with Crippen LogP contribution >= 0.6 is 11.8 Å². The Hall–Kier alpha value is -0.630. The smallest absolute Gasteiger partial charge is 0.245 e. The summed E-state index contributed by atoms with van der Waals surface area (Å²) in [6.45, 7) is 2.49. The van der Waals surface area contributed by atoms with E-state index in [4.69, 9.17) is 0 Å². The first-order valence-corrected chi connectivity index (χ1v) is 10.3. The van der Waals surface area contributed by atoms with Crippen LogP contribution in [0.2, 0.25) is 0 Å². The van der Waals surface area contributed by atoms with Crippen molar-refractivity contribution >= 4 is 21.8 Å². The number of nitrogens with one attached hydrogen (secondary N) is 1. The fraction of sp³-hybridized carbons (Fsp3) is 0.667. The summed E-state index contributed by atoms with van der Waals surface area (Å²) in [6.07, 6.45) is 9.38. The molecule has 5 nitrogen and oxygen atoms in total. The fourth-order valence-electron chi connectivity index (χ4n) is 3.04. The van der Waals surface area contributed by atoms with Crippen LogP contribution in [-0.2, 0) is 10.0 Å². The van der Waals surface area contributed by atoms with Gasteiger partial charge in [-0.15, -0.1) is 11.8 Å². The number of piperazine rings is 1. The van der Waals surface area contributed by atoms with E-state index in [1.165, 1.54) is 38.3 Å². The number of hydrogen-bond donors (Lipinski definition) is 1. The zero-order valence-electron chi connectivity index (χ0n) is 12.7. The number of hydrogen-bond acceptors (Lipinski definition) is 5. The summed E-state index contributed by atoms with van der Waals surface area (Å²) in [5.74, 6) is 0. The lowest BCUT2D eigenvalue weighted by Crippen LogP contribution is -2.46. The highest BCUT2D eigenvalue weighted by Crippen LogP contribution is 2.37. The van der Waals surface area contributed by atoms with Crippen molar-refractivity contribution in [2.75, 3.05) is 26.2 Å². The van der Waals surface area contributed by atoms with Gasteiger partial charge in [-0.05, 0) is 18.9 Å². The predicted octanol–water partition coefficient (Wildman–Crippen LogP) is 2.10. The van der Waals surface area contributed by atoms with Crippen LogP contribution in [-0.4, -0.2) is 49.1 Å². The fourth-order valence-corrected chi connectivity index (χ4v) is 6.20. The van der Waals surface area contributed by atoms with Gasteiger partial charge in [0.25, 0.3) is 0 Å². The van der Waals surface area contributed by atoms with E-state index in [0.717, 1.165) is 4.90 Å². The van der Waals surface area contributed by atoms with Gasteiger partial charge in [0.15, 0.2) is 0 Å². The maximum absolute atomic E-state index is 12.9. The first-order chi connectivity index (χ1) is 10.7. The molecule has 7 heteroatoms. The molecule has 22 heavy (non-hydrogen) atoms. The third kappa shape index (κ3) is 3.64. The van der Waals surface area contributed by atoms with E-state index in [1.807, 2.05) is 6.07 Å². The van der Waals surface area contributed by atoms with Gasteiger partial charge < -0.3 is 5.32 Å². The topological polar surface area (TPSA) is 62.3 Å². The molecule has 1 saturated heterocycles. The Morgan fingerprint density at radius 3 is 2.64 bits per heavy atom. The number of nitrogens with zero attached hydrogens (tertiary/aromatic N) is 2. The van der Waals surface area contributed by atoms with Crippen LogP contribution in [0.5, 0.6) is 0 Å². The maximum Gasteiger partial charge on any atom is 0.245 e. The highest BCUT2D eigenvalue weighted by molar-refractivity contribution is 8.00. The average molecular weight is 342 g/mol. The Balaban J connectivity index is 1.83. The van der Waals surface area contributed by atoms with Crippen LogP contribution in [0.15, 0.2) is 28.3 Å². The quantitative estimate of drug-likeness (QED) is 0.909. The van der Waals surface area contributed by atoms with Crippen LogP contribution in [0.25, 0.3) is 0 Å². The lowest BCUT2D eigenvalue weighted by atomic mass is 10.0. The molecule has 1 aromatic rings. The molecule has 0 spiro atoms. The normalized spacial score (nSPS) is 21.8. The van der Waals surface area contributed by atoms with E-state index >= 15 is 0 Å². The Morgan fingerprint density at radius 2 is 1.91 bits per heavy atom. The zero-order valence-corrected chi connectivity index (χ0v) is 14.3. The molecule has 0 amide bonds. The summed E-state index contributed by atoms with van der Waals surface area (Å²) in [5.41, 5.74) is 0. The van der Waals surface area contributed by atoms with Crippen molar-refractivity contribution in [2.24, 2.45) is 0 Å². The number of rotatable bonds is 4. The number of pyridine rings is 1. The minimum atomic E-state index is -3.43. The van der Waals surface area contributed by atoms with Crippen molar-refractivity contribution in [3.05, 3.63) is 18.5 Å². The summed E-state index contributed by atoms with van der Waals surface area (Å²) in [6, 6.07) is 1.86. The van der Waals surface area contributed by atoms with Crippen molar-refractivity contribution in [1.82, 2.24) is 14.6 Å². The molecule has 1 saturated carbocycles. The summed E-state index contributed by atoms with van der Waals surface area (Å²) >= 11 is 1.72. The van der Waals surface area contributed by atoms with Gasteiger partial charge >= 0.3 is 0 Å².